The van der Waals surface area contributed by atoms with Gasteiger partial charge in [-0.2, -0.15) is 12.6 Å². The Morgan fingerprint density at radius 2 is 2.12 bits per heavy atom. The zero-order valence-electron chi connectivity index (χ0n) is 9.63. The number of rotatable bonds is 5. The smallest absolute Gasteiger partial charge is 0.208 e. The van der Waals surface area contributed by atoms with Crippen molar-refractivity contribution in [2.45, 2.75) is 18.0 Å². The average molecular weight is 265 g/mol. The summed E-state index contributed by atoms with van der Waals surface area (Å²) in [5.41, 5.74) is 1.32. The van der Waals surface area contributed by atoms with Crippen LogP contribution < -0.4 is 0 Å². The Balaban J connectivity index is 1.97. The lowest BCUT2D eigenvalue weighted by Crippen LogP contribution is -2.03. The van der Waals surface area contributed by atoms with Gasteiger partial charge in [-0.05, 0) is 18.2 Å². The van der Waals surface area contributed by atoms with Gasteiger partial charge in [-0.15, -0.1) is 5.10 Å². The molecule has 1 unspecified atom stereocenters. The number of hydrogen-bond donors (Lipinski definition) is 2. The van der Waals surface area contributed by atoms with E-state index in [4.69, 9.17) is 0 Å². The summed E-state index contributed by atoms with van der Waals surface area (Å²) in [6.45, 7) is 1.91. The molecule has 0 aliphatic carbocycles. The van der Waals surface area contributed by atoms with E-state index in [1.54, 1.807) is 11.8 Å². The summed E-state index contributed by atoms with van der Waals surface area (Å²) in [7, 11) is 0. The monoisotopic (exact) mass is 265 g/mol. The van der Waals surface area contributed by atoms with Crippen LogP contribution in [0.15, 0.2) is 35.5 Å². The van der Waals surface area contributed by atoms with Crippen LogP contribution in [0.1, 0.15) is 17.3 Å². The lowest BCUT2D eigenvalue weighted by molar-refractivity contribution is 0.889. The summed E-state index contributed by atoms with van der Waals surface area (Å²) >= 11 is 6.08. The second kappa shape index (κ2) is 6.12. The third kappa shape index (κ3) is 3.51. The molecule has 3 nitrogen and oxygen atoms in total. The Bertz CT molecular complexity index is 456. The van der Waals surface area contributed by atoms with Crippen molar-refractivity contribution in [3.05, 3.63) is 41.7 Å². The van der Waals surface area contributed by atoms with Crippen LogP contribution in [0, 0.1) is 6.92 Å². The van der Waals surface area contributed by atoms with Crippen molar-refractivity contribution >= 4 is 24.4 Å². The van der Waals surface area contributed by atoms with E-state index in [1.807, 2.05) is 13.0 Å². The van der Waals surface area contributed by atoms with E-state index in [0.29, 0.717) is 5.92 Å². The summed E-state index contributed by atoms with van der Waals surface area (Å²) in [4.78, 5) is 4.28. The van der Waals surface area contributed by atoms with E-state index in [2.05, 4.69) is 52.1 Å². The van der Waals surface area contributed by atoms with Gasteiger partial charge in [0.2, 0.25) is 5.16 Å². The molecule has 0 spiro atoms. The van der Waals surface area contributed by atoms with Crippen LogP contribution in [-0.4, -0.2) is 26.7 Å². The normalized spacial score (nSPS) is 12.6. The highest BCUT2D eigenvalue weighted by Crippen LogP contribution is 2.25. The Morgan fingerprint density at radius 1 is 1.35 bits per heavy atom. The Kier molecular flexibility index (Phi) is 4.50. The molecule has 0 aliphatic rings. The van der Waals surface area contributed by atoms with Gasteiger partial charge < -0.3 is 0 Å². The molecule has 17 heavy (non-hydrogen) atoms. The van der Waals surface area contributed by atoms with Gasteiger partial charge in [0.15, 0.2) is 0 Å². The standard InChI is InChI=1S/C12H15N3S2/c1-9-13-12(15-14-9)17-8-11(7-16)10-5-3-2-4-6-10/h2-6,11,16H,7-8H2,1H3,(H,13,14,15). The molecule has 5 heteroatoms. The molecule has 1 N–H and O–H groups in total. The number of benzene rings is 1. The third-order valence-electron chi connectivity index (χ3n) is 2.48. The zero-order valence-corrected chi connectivity index (χ0v) is 11.3. The number of hydrogen-bond acceptors (Lipinski definition) is 4. The van der Waals surface area contributed by atoms with E-state index in [1.165, 1.54) is 5.56 Å². The van der Waals surface area contributed by atoms with E-state index in [9.17, 15) is 0 Å². The second-order valence-electron chi connectivity index (χ2n) is 3.80. The van der Waals surface area contributed by atoms with Crippen molar-refractivity contribution in [2.24, 2.45) is 0 Å². The molecule has 0 amide bonds. The molecule has 1 aromatic carbocycles. The van der Waals surface area contributed by atoms with Crippen LogP contribution in [0.5, 0.6) is 0 Å². The fraction of sp³-hybridized carbons (Fsp3) is 0.333. The molecule has 0 bridgehead atoms. The Labute approximate surface area is 111 Å². The quantitative estimate of drug-likeness (QED) is 0.645. The predicted octanol–water partition coefficient (Wildman–Crippen LogP) is 2.92. The van der Waals surface area contributed by atoms with Gasteiger partial charge >= 0.3 is 0 Å². The number of thioether (sulfide) groups is 1. The minimum atomic E-state index is 0.434. The van der Waals surface area contributed by atoms with Gasteiger partial charge in [-0.1, -0.05) is 42.1 Å². The molecule has 2 aromatic rings. The molecular weight excluding hydrogens is 250 g/mol. The third-order valence-corrected chi connectivity index (χ3v) is 3.93. The first-order valence-electron chi connectivity index (χ1n) is 5.47. The summed E-state index contributed by atoms with van der Waals surface area (Å²) < 4.78 is 0. The van der Waals surface area contributed by atoms with E-state index in [0.717, 1.165) is 22.5 Å². The second-order valence-corrected chi connectivity index (χ2v) is 5.16. The molecule has 0 radical (unpaired) electrons. The largest absolute Gasteiger partial charge is 0.262 e. The van der Waals surface area contributed by atoms with Crippen LogP contribution >= 0.6 is 24.4 Å². The SMILES string of the molecule is Cc1nc(SCC(CS)c2ccccc2)n[nH]1. The molecule has 0 aliphatic heterocycles. The van der Waals surface area contributed by atoms with Crippen molar-refractivity contribution < 1.29 is 0 Å². The van der Waals surface area contributed by atoms with Crippen LogP contribution in [0.4, 0.5) is 0 Å². The van der Waals surface area contributed by atoms with Crippen molar-refractivity contribution in [1.82, 2.24) is 15.2 Å². The van der Waals surface area contributed by atoms with Crippen molar-refractivity contribution in [3.8, 4) is 0 Å². The van der Waals surface area contributed by atoms with Crippen LogP contribution in [0.3, 0.4) is 0 Å². The number of aromatic amines is 1. The molecule has 1 atom stereocenters. The molecule has 0 saturated heterocycles. The highest BCUT2D eigenvalue weighted by Gasteiger charge is 2.11. The fourth-order valence-electron chi connectivity index (χ4n) is 1.54. The molecule has 90 valence electrons. The van der Waals surface area contributed by atoms with E-state index in [-0.39, 0.29) is 0 Å². The maximum atomic E-state index is 4.42. The Hall–Kier alpha value is -0.940. The highest BCUT2D eigenvalue weighted by atomic mass is 32.2. The zero-order chi connectivity index (χ0) is 12.1. The average Bonchev–Trinajstić information content (AvgIpc) is 2.77. The van der Waals surface area contributed by atoms with Crippen molar-refractivity contribution in [1.29, 1.82) is 0 Å². The number of nitrogens with one attached hydrogen (secondary N) is 1. The predicted molar refractivity (Wildman–Crippen MR) is 74.9 cm³/mol. The molecule has 1 heterocycles. The minimum Gasteiger partial charge on any atom is -0.262 e. The number of aryl methyl sites for hydroxylation is 1. The van der Waals surface area contributed by atoms with Crippen molar-refractivity contribution in [3.63, 3.8) is 0 Å². The maximum Gasteiger partial charge on any atom is 0.208 e. The van der Waals surface area contributed by atoms with Gasteiger partial charge in [-0.3, -0.25) is 5.10 Å². The summed E-state index contributed by atoms with van der Waals surface area (Å²) in [6, 6.07) is 10.4. The van der Waals surface area contributed by atoms with E-state index >= 15 is 0 Å². The maximum absolute atomic E-state index is 4.42. The van der Waals surface area contributed by atoms with Gasteiger partial charge in [-0.25, -0.2) is 4.98 Å². The minimum absolute atomic E-state index is 0.434. The first-order chi connectivity index (χ1) is 8.29. The molecule has 0 fully saturated rings. The summed E-state index contributed by atoms with van der Waals surface area (Å²) in [5, 5.41) is 7.78. The van der Waals surface area contributed by atoms with Crippen molar-refractivity contribution in [2.75, 3.05) is 11.5 Å². The molecule has 2 rings (SSSR count). The molecule has 0 saturated carbocycles. The number of nitrogens with zero attached hydrogens (tertiary/aromatic N) is 2. The highest BCUT2D eigenvalue weighted by molar-refractivity contribution is 7.99. The van der Waals surface area contributed by atoms with Gasteiger partial charge in [0.25, 0.3) is 0 Å². The van der Waals surface area contributed by atoms with Gasteiger partial charge in [0.05, 0.1) is 0 Å². The van der Waals surface area contributed by atoms with Gasteiger partial charge in [0.1, 0.15) is 5.82 Å². The van der Waals surface area contributed by atoms with Gasteiger partial charge in [0, 0.05) is 11.7 Å². The fourth-order valence-corrected chi connectivity index (χ4v) is 3.03. The van der Waals surface area contributed by atoms with Crippen LogP contribution in [-0.2, 0) is 0 Å². The van der Waals surface area contributed by atoms with Crippen LogP contribution in [0.25, 0.3) is 0 Å². The first-order valence-corrected chi connectivity index (χ1v) is 7.09. The number of aromatic nitrogens is 3. The summed E-state index contributed by atoms with van der Waals surface area (Å²) in [6.07, 6.45) is 0. The Morgan fingerprint density at radius 3 is 2.71 bits per heavy atom. The first kappa shape index (κ1) is 12.5. The number of H-pyrrole nitrogens is 1. The molecular formula is C12H15N3S2. The lowest BCUT2D eigenvalue weighted by atomic mass is 10.0. The topological polar surface area (TPSA) is 41.6 Å². The van der Waals surface area contributed by atoms with E-state index < -0.39 is 0 Å². The number of thiol groups is 1. The molecule has 1 aromatic heterocycles. The van der Waals surface area contributed by atoms with Crippen LogP contribution in [0.2, 0.25) is 0 Å². The summed E-state index contributed by atoms with van der Waals surface area (Å²) in [5.74, 6) is 3.07. The lowest BCUT2D eigenvalue weighted by Gasteiger charge is -2.12.